The summed E-state index contributed by atoms with van der Waals surface area (Å²) in [6.07, 6.45) is 9.33. The van der Waals surface area contributed by atoms with Crippen molar-refractivity contribution in [1.82, 2.24) is 24.1 Å². The van der Waals surface area contributed by atoms with Crippen LogP contribution in [0.1, 0.15) is 0 Å². The first kappa shape index (κ1) is 8.16. The van der Waals surface area contributed by atoms with E-state index in [0.717, 1.165) is 11.3 Å². The Bertz CT molecular complexity index is 574. The summed E-state index contributed by atoms with van der Waals surface area (Å²) in [7, 11) is 1.89. The van der Waals surface area contributed by atoms with Crippen LogP contribution in [0.3, 0.4) is 0 Å². The Morgan fingerprint density at radius 3 is 2.93 bits per heavy atom. The highest BCUT2D eigenvalue weighted by molar-refractivity contribution is 5.59. The highest BCUT2D eigenvalue weighted by Gasteiger charge is 2.05. The van der Waals surface area contributed by atoms with Crippen LogP contribution in [0.25, 0.3) is 17.0 Å². The van der Waals surface area contributed by atoms with Gasteiger partial charge in [-0.3, -0.25) is 9.08 Å². The summed E-state index contributed by atoms with van der Waals surface area (Å²) in [6, 6.07) is 1.88. The van der Waals surface area contributed by atoms with Crippen molar-refractivity contribution in [3.8, 4) is 11.3 Å². The zero-order valence-electron chi connectivity index (χ0n) is 8.20. The standard InChI is InChI=1S/C10H9N5/c1-14-6-8(5-12-14)9-7-15-4-2-3-11-10(15)13-9/h2-7H,1H3. The topological polar surface area (TPSA) is 48.0 Å². The quantitative estimate of drug-likeness (QED) is 0.590. The molecule has 15 heavy (non-hydrogen) atoms. The second kappa shape index (κ2) is 2.91. The van der Waals surface area contributed by atoms with E-state index in [-0.39, 0.29) is 0 Å². The second-order valence-electron chi connectivity index (χ2n) is 3.36. The predicted molar refractivity (Wildman–Crippen MR) is 55.2 cm³/mol. The molecule has 0 aliphatic carbocycles. The van der Waals surface area contributed by atoms with E-state index in [2.05, 4.69) is 15.1 Å². The molecule has 0 aromatic carbocycles. The third-order valence-electron chi connectivity index (χ3n) is 2.24. The fraction of sp³-hybridized carbons (Fsp3) is 0.100. The number of hydrogen-bond acceptors (Lipinski definition) is 3. The highest BCUT2D eigenvalue weighted by Crippen LogP contribution is 2.16. The summed E-state index contributed by atoms with van der Waals surface area (Å²) in [4.78, 5) is 8.55. The van der Waals surface area contributed by atoms with Gasteiger partial charge in [-0.25, -0.2) is 9.97 Å². The summed E-state index contributed by atoms with van der Waals surface area (Å²) >= 11 is 0. The molecule has 0 atom stereocenters. The van der Waals surface area contributed by atoms with E-state index in [1.807, 2.05) is 36.1 Å². The lowest BCUT2D eigenvalue weighted by Gasteiger charge is -1.85. The maximum atomic E-state index is 4.39. The molecular weight excluding hydrogens is 190 g/mol. The van der Waals surface area contributed by atoms with Crippen LogP contribution in [0, 0.1) is 0 Å². The molecule has 5 heteroatoms. The Balaban J connectivity index is 2.19. The molecule has 74 valence electrons. The van der Waals surface area contributed by atoms with Gasteiger partial charge in [-0.05, 0) is 6.07 Å². The molecule has 0 unspecified atom stereocenters. The first-order valence-corrected chi connectivity index (χ1v) is 4.62. The summed E-state index contributed by atoms with van der Waals surface area (Å²) in [6.45, 7) is 0. The van der Waals surface area contributed by atoms with Crippen molar-refractivity contribution in [3.63, 3.8) is 0 Å². The van der Waals surface area contributed by atoms with Crippen LogP contribution in [-0.2, 0) is 7.05 Å². The van der Waals surface area contributed by atoms with E-state index in [1.165, 1.54) is 0 Å². The molecule has 0 aliphatic rings. The minimum Gasteiger partial charge on any atom is -0.291 e. The maximum absolute atomic E-state index is 4.39. The van der Waals surface area contributed by atoms with Crippen LogP contribution in [0.15, 0.2) is 37.1 Å². The lowest BCUT2D eigenvalue weighted by molar-refractivity contribution is 0.768. The van der Waals surface area contributed by atoms with Gasteiger partial charge in [0.25, 0.3) is 0 Å². The van der Waals surface area contributed by atoms with Crippen molar-refractivity contribution in [3.05, 3.63) is 37.1 Å². The Labute approximate surface area is 86.0 Å². The summed E-state index contributed by atoms with van der Waals surface area (Å²) in [5, 5.41) is 4.11. The smallest absolute Gasteiger partial charge is 0.234 e. The van der Waals surface area contributed by atoms with E-state index >= 15 is 0 Å². The fourth-order valence-electron chi connectivity index (χ4n) is 1.52. The average molecular weight is 199 g/mol. The molecule has 3 aromatic rings. The number of hydrogen-bond donors (Lipinski definition) is 0. The van der Waals surface area contributed by atoms with Gasteiger partial charge in [0.1, 0.15) is 0 Å². The number of nitrogens with zero attached hydrogens (tertiary/aromatic N) is 5. The molecule has 0 N–H and O–H groups in total. The van der Waals surface area contributed by atoms with Gasteiger partial charge in [0.15, 0.2) is 0 Å². The zero-order valence-corrected chi connectivity index (χ0v) is 8.20. The van der Waals surface area contributed by atoms with Crippen molar-refractivity contribution in [2.75, 3.05) is 0 Å². The van der Waals surface area contributed by atoms with Gasteiger partial charge in [-0.15, -0.1) is 0 Å². The monoisotopic (exact) mass is 199 g/mol. The van der Waals surface area contributed by atoms with Crippen molar-refractivity contribution in [1.29, 1.82) is 0 Å². The molecule has 0 amide bonds. The maximum Gasteiger partial charge on any atom is 0.234 e. The zero-order chi connectivity index (χ0) is 10.3. The summed E-state index contributed by atoms with van der Waals surface area (Å²) in [5.74, 6) is 0.705. The molecule has 0 radical (unpaired) electrons. The molecule has 3 rings (SSSR count). The highest BCUT2D eigenvalue weighted by atomic mass is 15.2. The molecule has 5 nitrogen and oxygen atoms in total. The molecule has 3 aromatic heterocycles. The van der Waals surface area contributed by atoms with Crippen molar-refractivity contribution < 1.29 is 0 Å². The second-order valence-corrected chi connectivity index (χ2v) is 3.36. The van der Waals surface area contributed by atoms with Gasteiger partial charge in [0.05, 0.1) is 11.9 Å². The fourth-order valence-corrected chi connectivity index (χ4v) is 1.52. The van der Waals surface area contributed by atoms with Crippen LogP contribution in [0.5, 0.6) is 0 Å². The Hall–Kier alpha value is -2.17. The van der Waals surface area contributed by atoms with Crippen LogP contribution in [-0.4, -0.2) is 24.1 Å². The lowest BCUT2D eigenvalue weighted by atomic mass is 10.3. The third kappa shape index (κ3) is 1.28. The minimum atomic E-state index is 0.705. The number of aromatic nitrogens is 5. The molecule has 0 aliphatic heterocycles. The first-order valence-electron chi connectivity index (χ1n) is 4.62. The SMILES string of the molecule is Cn1cc(-c2cn3cccnc3n2)cn1. The lowest BCUT2D eigenvalue weighted by Crippen LogP contribution is -1.84. The summed E-state index contributed by atoms with van der Waals surface area (Å²) < 4.78 is 3.65. The van der Waals surface area contributed by atoms with Gasteiger partial charge in [0, 0.05) is 37.4 Å². The number of aryl methyl sites for hydroxylation is 1. The van der Waals surface area contributed by atoms with Gasteiger partial charge < -0.3 is 0 Å². The number of fused-ring (bicyclic) bond motifs is 1. The van der Waals surface area contributed by atoms with Crippen LogP contribution >= 0.6 is 0 Å². The van der Waals surface area contributed by atoms with Gasteiger partial charge in [-0.1, -0.05) is 0 Å². The molecule has 0 spiro atoms. The van der Waals surface area contributed by atoms with E-state index < -0.39 is 0 Å². The molecular formula is C10H9N5. The van der Waals surface area contributed by atoms with Crippen molar-refractivity contribution >= 4 is 5.78 Å². The van der Waals surface area contributed by atoms with Crippen molar-refractivity contribution in [2.24, 2.45) is 7.05 Å². The van der Waals surface area contributed by atoms with Gasteiger partial charge >= 0.3 is 0 Å². The Morgan fingerprint density at radius 1 is 1.27 bits per heavy atom. The van der Waals surface area contributed by atoms with E-state index in [1.54, 1.807) is 17.1 Å². The average Bonchev–Trinajstić information content (AvgIpc) is 2.82. The van der Waals surface area contributed by atoms with Crippen LogP contribution in [0.4, 0.5) is 0 Å². The third-order valence-corrected chi connectivity index (χ3v) is 2.24. The van der Waals surface area contributed by atoms with Crippen LogP contribution in [0.2, 0.25) is 0 Å². The first-order chi connectivity index (χ1) is 7.33. The number of rotatable bonds is 1. The largest absolute Gasteiger partial charge is 0.291 e. The van der Waals surface area contributed by atoms with E-state index in [0.29, 0.717) is 5.78 Å². The number of imidazole rings is 1. The normalized spacial score (nSPS) is 11.0. The molecule has 0 fully saturated rings. The summed E-state index contributed by atoms with van der Waals surface area (Å²) in [5.41, 5.74) is 1.89. The Kier molecular flexibility index (Phi) is 1.58. The molecule has 3 heterocycles. The van der Waals surface area contributed by atoms with Crippen molar-refractivity contribution in [2.45, 2.75) is 0 Å². The molecule has 0 bridgehead atoms. The minimum absolute atomic E-state index is 0.705. The van der Waals surface area contributed by atoms with E-state index in [4.69, 9.17) is 0 Å². The molecule has 0 saturated heterocycles. The van der Waals surface area contributed by atoms with E-state index in [9.17, 15) is 0 Å². The Morgan fingerprint density at radius 2 is 2.20 bits per heavy atom. The van der Waals surface area contributed by atoms with Gasteiger partial charge in [-0.2, -0.15) is 5.10 Å². The van der Waals surface area contributed by atoms with Gasteiger partial charge in [0.2, 0.25) is 5.78 Å². The molecule has 0 saturated carbocycles. The van der Waals surface area contributed by atoms with Crippen LogP contribution < -0.4 is 0 Å². The predicted octanol–water partition coefficient (Wildman–Crippen LogP) is 1.13.